The Morgan fingerprint density at radius 2 is 1.80 bits per heavy atom. The van der Waals surface area contributed by atoms with Gasteiger partial charge in [0.2, 0.25) is 0 Å². The molecule has 0 aliphatic carbocycles. The van der Waals surface area contributed by atoms with Gasteiger partial charge < -0.3 is 5.11 Å². The summed E-state index contributed by atoms with van der Waals surface area (Å²) in [7, 11) is 0. The van der Waals surface area contributed by atoms with Crippen molar-refractivity contribution in [3.63, 3.8) is 0 Å². The van der Waals surface area contributed by atoms with E-state index in [1.54, 1.807) is 0 Å². The molecule has 78 valence electrons. The summed E-state index contributed by atoms with van der Waals surface area (Å²) in [5.74, 6) is 0.456. The molecule has 0 amide bonds. The van der Waals surface area contributed by atoms with Gasteiger partial charge in [0.25, 0.3) is 0 Å². The Kier molecular flexibility index (Phi) is 2.98. The minimum atomic E-state index is -0.473. The molecule has 0 radical (unpaired) electrons. The van der Waals surface area contributed by atoms with Crippen LogP contribution in [0.2, 0.25) is 0 Å². The maximum absolute atomic E-state index is 9.67. The lowest BCUT2D eigenvalue weighted by Crippen LogP contribution is -1.97. The summed E-state index contributed by atoms with van der Waals surface area (Å²) in [6.07, 6.45) is -0.473. The number of thiol groups is 1. The smallest absolute Gasteiger partial charge is 0.0878 e. The molecular weight excluding hydrogens is 204 g/mol. The molecule has 0 heterocycles. The predicted molar refractivity (Wildman–Crippen MR) is 67.5 cm³/mol. The summed E-state index contributed by atoms with van der Waals surface area (Å²) in [4.78, 5) is 0. The van der Waals surface area contributed by atoms with Gasteiger partial charge in [-0.05, 0) is 29.3 Å². The first kappa shape index (κ1) is 10.5. The van der Waals surface area contributed by atoms with Gasteiger partial charge >= 0.3 is 0 Å². The zero-order chi connectivity index (χ0) is 10.8. The Hall–Kier alpha value is -0.990. The average molecular weight is 218 g/mol. The second-order valence-electron chi connectivity index (χ2n) is 3.81. The number of aliphatic hydroxyl groups is 1. The molecule has 0 bridgehead atoms. The van der Waals surface area contributed by atoms with Crippen molar-refractivity contribution in [2.75, 3.05) is 5.75 Å². The summed E-state index contributed by atoms with van der Waals surface area (Å²) in [5.41, 5.74) is 2.19. The van der Waals surface area contributed by atoms with Crippen LogP contribution in [0, 0.1) is 6.92 Å². The number of hydrogen-bond acceptors (Lipinski definition) is 2. The predicted octanol–water partition coefficient (Wildman–Crippen LogP) is 3.11. The number of rotatable bonds is 2. The molecule has 0 aliphatic rings. The van der Waals surface area contributed by atoms with Gasteiger partial charge in [0, 0.05) is 5.75 Å². The minimum absolute atomic E-state index is 0.456. The molecule has 0 fully saturated rings. The molecule has 0 aromatic heterocycles. The number of aliphatic hydroxyl groups excluding tert-OH is 1. The molecule has 0 aliphatic heterocycles. The van der Waals surface area contributed by atoms with Gasteiger partial charge in [0.1, 0.15) is 0 Å². The molecule has 1 N–H and O–H groups in total. The molecule has 2 aromatic rings. The number of benzene rings is 2. The van der Waals surface area contributed by atoms with E-state index < -0.39 is 6.10 Å². The van der Waals surface area contributed by atoms with Crippen LogP contribution in [0.1, 0.15) is 17.2 Å². The van der Waals surface area contributed by atoms with E-state index in [1.165, 1.54) is 16.3 Å². The van der Waals surface area contributed by atoms with Crippen LogP contribution in [0.15, 0.2) is 36.4 Å². The first-order valence-electron chi connectivity index (χ1n) is 5.00. The van der Waals surface area contributed by atoms with Gasteiger partial charge in [-0.3, -0.25) is 0 Å². The van der Waals surface area contributed by atoms with Gasteiger partial charge in [-0.25, -0.2) is 0 Å². The van der Waals surface area contributed by atoms with Gasteiger partial charge in [0.15, 0.2) is 0 Å². The van der Waals surface area contributed by atoms with E-state index in [-0.39, 0.29) is 0 Å². The summed E-state index contributed by atoms with van der Waals surface area (Å²) >= 11 is 4.09. The lowest BCUT2D eigenvalue weighted by Gasteiger charge is -2.09. The highest BCUT2D eigenvalue weighted by Crippen LogP contribution is 2.22. The molecule has 0 saturated heterocycles. The Morgan fingerprint density at radius 3 is 2.53 bits per heavy atom. The van der Waals surface area contributed by atoms with Crippen molar-refractivity contribution in [1.82, 2.24) is 0 Å². The highest BCUT2D eigenvalue weighted by Gasteiger charge is 2.05. The molecule has 1 nitrogen and oxygen atoms in total. The SMILES string of the molecule is Cc1ccc2cc(C(O)CS)ccc2c1. The fourth-order valence-electron chi connectivity index (χ4n) is 1.70. The lowest BCUT2D eigenvalue weighted by molar-refractivity contribution is 0.204. The Labute approximate surface area is 95.2 Å². The van der Waals surface area contributed by atoms with Crippen molar-refractivity contribution < 1.29 is 5.11 Å². The molecule has 1 unspecified atom stereocenters. The van der Waals surface area contributed by atoms with E-state index >= 15 is 0 Å². The van der Waals surface area contributed by atoms with Crippen molar-refractivity contribution in [2.45, 2.75) is 13.0 Å². The molecule has 1 atom stereocenters. The van der Waals surface area contributed by atoms with Crippen molar-refractivity contribution in [3.8, 4) is 0 Å². The van der Waals surface area contributed by atoms with Crippen LogP contribution in [-0.4, -0.2) is 10.9 Å². The quantitative estimate of drug-likeness (QED) is 0.742. The molecule has 0 saturated carbocycles. The largest absolute Gasteiger partial charge is 0.388 e. The lowest BCUT2D eigenvalue weighted by atomic mass is 10.0. The zero-order valence-electron chi connectivity index (χ0n) is 8.64. The van der Waals surface area contributed by atoms with E-state index in [4.69, 9.17) is 0 Å². The standard InChI is InChI=1S/C13H14OS/c1-9-2-3-11-7-12(13(14)8-15)5-4-10(11)6-9/h2-7,13-15H,8H2,1H3. The van der Waals surface area contributed by atoms with Crippen LogP contribution >= 0.6 is 12.6 Å². The third kappa shape index (κ3) is 2.16. The van der Waals surface area contributed by atoms with Crippen LogP contribution < -0.4 is 0 Å². The number of hydrogen-bond donors (Lipinski definition) is 2. The molecular formula is C13H14OS. The Morgan fingerprint density at radius 1 is 1.13 bits per heavy atom. The maximum atomic E-state index is 9.67. The van der Waals surface area contributed by atoms with Crippen molar-refractivity contribution >= 4 is 23.4 Å². The molecule has 2 heteroatoms. The Balaban J connectivity index is 2.52. The van der Waals surface area contributed by atoms with Crippen LogP contribution in [-0.2, 0) is 0 Å². The highest BCUT2D eigenvalue weighted by molar-refractivity contribution is 7.80. The van der Waals surface area contributed by atoms with Crippen LogP contribution in [0.3, 0.4) is 0 Å². The highest BCUT2D eigenvalue weighted by atomic mass is 32.1. The van der Waals surface area contributed by atoms with Crippen molar-refractivity contribution in [2.24, 2.45) is 0 Å². The van der Waals surface area contributed by atoms with Gasteiger partial charge in [-0.1, -0.05) is 35.9 Å². The fourth-order valence-corrected chi connectivity index (χ4v) is 1.91. The van der Waals surface area contributed by atoms with E-state index in [0.717, 1.165) is 5.56 Å². The number of aryl methyl sites for hydroxylation is 1. The van der Waals surface area contributed by atoms with E-state index in [1.807, 2.05) is 18.2 Å². The monoisotopic (exact) mass is 218 g/mol. The van der Waals surface area contributed by atoms with Gasteiger partial charge in [-0.15, -0.1) is 0 Å². The normalized spacial score (nSPS) is 13.0. The van der Waals surface area contributed by atoms with E-state index in [2.05, 4.69) is 37.8 Å². The van der Waals surface area contributed by atoms with Crippen LogP contribution in [0.25, 0.3) is 10.8 Å². The summed E-state index contributed by atoms with van der Waals surface area (Å²) in [6, 6.07) is 12.3. The summed E-state index contributed by atoms with van der Waals surface area (Å²) in [5, 5.41) is 12.0. The van der Waals surface area contributed by atoms with Gasteiger partial charge in [-0.2, -0.15) is 12.6 Å². The topological polar surface area (TPSA) is 20.2 Å². The first-order chi connectivity index (χ1) is 7.20. The third-order valence-electron chi connectivity index (χ3n) is 2.58. The van der Waals surface area contributed by atoms with Crippen LogP contribution in [0.5, 0.6) is 0 Å². The molecule has 15 heavy (non-hydrogen) atoms. The van der Waals surface area contributed by atoms with E-state index in [0.29, 0.717) is 5.75 Å². The van der Waals surface area contributed by atoms with Crippen LogP contribution in [0.4, 0.5) is 0 Å². The minimum Gasteiger partial charge on any atom is -0.388 e. The van der Waals surface area contributed by atoms with Gasteiger partial charge in [0.05, 0.1) is 6.10 Å². The Bertz CT molecular complexity index is 479. The summed E-state index contributed by atoms with van der Waals surface area (Å²) < 4.78 is 0. The van der Waals surface area contributed by atoms with Crippen molar-refractivity contribution in [3.05, 3.63) is 47.5 Å². The maximum Gasteiger partial charge on any atom is 0.0878 e. The number of fused-ring (bicyclic) bond motifs is 1. The average Bonchev–Trinajstić information content (AvgIpc) is 2.27. The third-order valence-corrected chi connectivity index (χ3v) is 2.92. The second kappa shape index (κ2) is 4.25. The molecule has 2 aromatic carbocycles. The molecule has 0 spiro atoms. The second-order valence-corrected chi connectivity index (χ2v) is 4.17. The van der Waals surface area contributed by atoms with E-state index in [9.17, 15) is 5.11 Å². The summed E-state index contributed by atoms with van der Waals surface area (Å²) in [6.45, 7) is 2.08. The zero-order valence-corrected chi connectivity index (χ0v) is 9.54. The fraction of sp³-hybridized carbons (Fsp3) is 0.231. The van der Waals surface area contributed by atoms with Crippen molar-refractivity contribution in [1.29, 1.82) is 0 Å². The first-order valence-corrected chi connectivity index (χ1v) is 5.63. The molecule has 2 rings (SSSR count).